The van der Waals surface area contributed by atoms with Crippen molar-refractivity contribution in [1.29, 1.82) is 0 Å². The Morgan fingerprint density at radius 3 is 2.40 bits per heavy atom. The van der Waals surface area contributed by atoms with Crippen molar-refractivity contribution in [2.75, 3.05) is 11.9 Å². The zero-order valence-electron chi connectivity index (χ0n) is 14.7. The van der Waals surface area contributed by atoms with Crippen LogP contribution in [0.25, 0.3) is 0 Å². The Morgan fingerprint density at radius 1 is 1.12 bits per heavy atom. The van der Waals surface area contributed by atoms with Gasteiger partial charge in [-0.3, -0.25) is 14.9 Å². The van der Waals surface area contributed by atoms with Crippen molar-refractivity contribution in [3.63, 3.8) is 0 Å². The van der Waals surface area contributed by atoms with Crippen LogP contribution in [0.3, 0.4) is 0 Å². The summed E-state index contributed by atoms with van der Waals surface area (Å²) in [7, 11) is 0. The quantitative estimate of drug-likeness (QED) is 0.592. The lowest BCUT2D eigenvalue weighted by molar-refractivity contribution is -0.384. The molecule has 0 spiro atoms. The smallest absolute Gasteiger partial charge is 0.293 e. The highest BCUT2D eigenvalue weighted by molar-refractivity contribution is 5.95. The Bertz CT molecular complexity index is 745. The number of rotatable bonds is 7. The van der Waals surface area contributed by atoms with Crippen molar-refractivity contribution in [1.82, 2.24) is 5.32 Å². The summed E-state index contributed by atoms with van der Waals surface area (Å²) in [6.07, 6.45) is 0. The van der Waals surface area contributed by atoms with Gasteiger partial charge in [-0.15, -0.1) is 0 Å². The predicted molar refractivity (Wildman–Crippen MR) is 98.5 cm³/mol. The Balaban J connectivity index is 2.07. The van der Waals surface area contributed by atoms with Gasteiger partial charge in [0.05, 0.1) is 11.5 Å². The van der Waals surface area contributed by atoms with Gasteiger partial charge in [0.1, 0.15) is 5.69 Å². The summed E-state index contributed by atoms with van der Waals surface area (Å²) >= 11 is 0. The monoisotopic (exact) mass is 341 g/mol. The van der Waals surface area contributed by atoms with Crippen molar-refractivity contribution < 1.29 is 9.72 Å². The van der Waals surface area contributed by atoms with Crippen LogP contribution < -0.4 is 10.6 Å². The molecular formula is C19H23N3O3. The van der Waals surface area contributed by atoms with E-state index in [4.69, 9.17) is 0 Å². The predicted octanol–water partition coefficient (Wildman–Crippen LogP) is 3.83. The number of carbonyl (C=O) groups excluding carboxylic acids is 1. The topological polar surface area (TPSA) is 84.3 Å². The molecule has 0 aliphatic heterocycles. The van der Waals surface area contributed by atoms with Gasteiger partial charge in [-0.1, -0.05) is 56.3 Å². The van der Waals surface area contributed by atoms with Gasteiger partial charge < -0.3 is 10.6 Å². The highest BCUT2D eigenvalue weighted by Crippen LogP contribution is 2.27. The molecule has 6 heteroatoms. The lowest BCUT2D eigenvalue weighted by Gasteiger charge is -2.22. The second-order valence-corrected chi connectivity index (χ2v) is 6.29. The van der Waals surface area contributed by atoms with Gasteiger partial charge in [0.2, 0.25) is 5.91 Å². The Morgan fingerprint density at radius 2 is 1.80 bits per heavy atom. The third-order valence-electron chi connectivity index (χ3n) is 4.02. The molecule has 1 amide bonds. The number of amides is 1. The van der Waals surface area contributed by atoms with E-state index in [-0.39, 0.29) is 29.9 Å². The van der Waals surface area contributed by atoms with E-state index in [9.17, 15) is 14.9 Å². The molecule has 2 N–H and O–H groups in total. The number of nitro groups is 1. The number of nitro benzene ring substituents is 1. The minimum atomic E-state index is -0.489. The van der Waals surface area contributed by atoms with Crippen LogP contribution >= 0.6 is 0 Å². The number of hydrogen-bond donors (Lipinski definition) is 2. The third-order valence-corrected chi connectivity index (χ3v) is 4.02. The number of nitrogens with one attached hydrogen (secondary N) is 2. The van der Waals surface area contributed by atoms with Gasteiger partial charge in [0.25, 0.3) is 5.69 Å². The summed E-state index contributed by atoms with van der Waals surface area (Å²) in [4.78, 5) is 22.9. The fourth-order valence-electron chi connectivity index (χ4n) is 2.75. The fourth-order valence-corrected chi connectivity index (χ4v) is 2.75. The molecule has 132 valence electrons. The molecule has 0 saturated carbocycles. The van der Waals surface area contributed by atoms with Gasteiger partial charge in [0, 0.05) is 12.1 Å². The van der Waals surface area contributed by atoms with E-state index in [1.165, 1.54) is 6.07 Å². The molecule has 0 fully saturated rings. The van der Waals surface area contributed by atoms with Crippen LogP contribution in [0.1, 0.15) is 31.0 Å². The molecule has 0 saturated heterocycles. The van der Waals surface area contributed by atoms with Crippen LogP contribution in [0.4, 0.5) is 11.4 Å². The van der Waals surface area contributed by atoms with E-state index in [0.29, 0.717) is 11.5 Å². The molecule has 0 radical (unpaired) electrons. The van der Waals surface area contributed by atoms with Crippen LogP contribution in [-0.2, 0) is 4.79 Å². The number of para-hydroxylation sites is 1. The molecule has 1 atom stereocenters. The van der Waals surface area contributed by atoms with Crippen LogP contribution in [0.2, 0.25) is 0 Å². The van der Waals surface area contributed by atoms with Crippen LogP contribution in [-0.4, -0.2) is 17.4 Å². The summed E-state index contributed by atoms with van der Waals surface area (Å²) in [5.74, 6) is -0.0121. The SMILES string of the molecule is Cc1cccc([N+](=O)[O-])c1NC(=O)CN[C@H](c1ccccc1)C(C)C. The first kappa shape index (κ1) is 18.6. The highest BCUT2D eigenvalue weighted by atomic mass is 16.6. The average Bonchev–Trinajstić information content (AvgIpc) is 2.57. The van der Waals surface area contributed by atoms with E-state index in [1.807, 2.05) is 30.3 Å². The maximum Gasteiger partial charge on any atom is 0.293 e. The lowest BCUT2D eigenvalue weighted by atomic mass is 9.96. The molecule has 0 aliphatic carbocycles. The average molecular weight is 341 g/mol. The van der Waals surface area contributed by atoms with E-state index >= 15 is 0 Å². The zero-order chi connectivity index (χ0) is 18.4. The summed E-state index contributed by atoms with van der Waals surface area (Å²) < 4.78 is 0. The number of hydrogen-bond acceptors (Lipinski definition) is 4. The first-order chi connectivity index (χ1) is 11.9. The summed E-state index contributed by atoms with van der Waals surface area (Å²) in [6.45, 7) is 5.96. The van der Waals surface area contributed by atoms with E-state index < -0.39 is 4.92 Å². The second kappa shape index (κ2) is 8.39. The second-order valence-electron chi connectivity index (χ2n) is 6.29. The van der Waals surface area contributed by atoms with Crippen molar-refractivity contribution in [3.8, 4) is 0 Å². The van der Waals surface area contributed by atoms with Crippen molar-refractivity contribution in [2.45, 2.75) is 26.8 Å². The Kier molecular flexibility index (Phi) is 6.25. The first-order valence-corrected chi connectivity index (χ1v) is 8.22. The molecule has 2 aromatic carbocycles. The molecule has 0 unspecified atom stereocenters. The zero-order valence-corrected chi connectivity index (χ0v) is 14.7. The van der Waals surface area contributed by atoms with Crippen LogP contribution in [0.5, 0.6) is 0 Å². The van der Waals surface area contributed by atoms with Crippen LogP contribution in [0, 0.1) is 23.0 Å². The molecule has 0 aromatic heterocycles. The van der Waals surface area contributed by atoms with E-state index in [0.717, 1.165) is 5.56 Å². The summed E-state index contributed by atoms with van der Waals surface area (Å²) in [5, 5.41) is 17.0. The molecular weight excluding hydrogens is 318 g/mol. The molecule has 2 aromatic rings. The minimum absolute atomic E-state index is 0.0267. The van der Waals surface area contributed by atoms with Gasteiger partial charge in [-0.25, -0.2) is 0 Å². The molecule has 25 heavy (non-hydrogen) atoms. The number of aryl methyl sites for hydroxylation is 1. The molecule has 2 rings (SSSR count). The number of nitrogens with zero attached hydrogens (tertiary/aromatic N) is 1. The Hall–Kier alpha value is -2.73. The maximum atomic E-state index is 12.3. The van der Waals surface area contributed by atoms with E-state index in [1.54, 1.807) is 19.1 Å². The van der Waals surface area contributed by atoms with Gasteiger partial charge in [-0.05, 0) is 24.0 Å². The number of carbonyl (C=O) groups is 1. The molecule has 0 bridgehead atoms. The molecule has 0 aliphatic rings. The van der Waals surface area contributed by atoms with Crippen molar-refractivity contribution in [2.24, 2.45) is 5.92 Å². The van der Waals surface area contributed by atoms with Crippen LogP contribution in [0.15, 0.2) is 48.5 Å². The summed E-state index contributed by atoms with van der Waals surface area (Å²) in [5.41, 5.74) is 1.91. The van der Waals surface area contributed by atoms with Gasteiger partial charge in [0.15, 0.2) is 0 Å². The molecule has 0 heterocycles. The number of benzene rings is 2. The largest absolute Gasteiger partial charge is 0.319 e. The third kappa shape index (κ3) is 4.87. The maximum absolute atomic E-state index is 12.3. The standard InChI is InChI=1S/C19H23N3O3/c1-13(2)18(15-9-5-4-6-10-15)20-12-17(23)21-19-14(3)8-7-11-16(19)22(24)25/h4-11,13,18,20H,12H2,1-3H3,(H,21,23)/t18-/m0/s1. The summed E-state index contributed by atoms with van der Waals surface area (Å²) in [6, 6.07) is 14.7. The first-order valence-electron chi connectivity index (χ1n) is 8.22. The Labute approximate surface area is 147 Å². The minimum Gasteiger partial charge on any atom is -0.319 e. The highest BCUT2D eigenvalue weighted by Gasteiger charge is 2.20. The fraction of sp³-hybridized carbons (Fsp3) is 0.316. The van der Waals surface area contributed by atoms with E-state index in [2.05, 4.69) is 24.5 Å². The molecule has 6 nitrogen and oxygen atoms in total. The van der Waals surface area contributed by atoms with Crippen molar-refractivity contribution >= 4 is 17.3 Å². The lowest BCUT2D eigenvalue weighted by Crippen LogP contribution is -2.33. The normalized spacial score (nSPS) is 12.0. The van der Waals surface area contributed by atoms with Gasteiger partial charge >= 0.3 is 0 Å². The van der Waals surface area contributed by atoms with Gasteiger partial charge in [-0.2, -0.15) is 0 Å². The van der Waals surface area contributed by atoms with Crippen molar-refractivity contribution in [3.05, 3.63) is 69.8 Å². The number of anilines is 1.